The van der Waals surface area contributed by atoms with Crippen molar-refractivity contribution in [3.63, 3.8) is 0 Å². The van der Waals surface area contributed by atoms with E-state index in [0.29, 0.717) is 18.4 Å². The normalized spacial score (nSPS) is 19.5. The Morgan fingerprint density at radius 2 is 1.76 bits per heavy atom. The van der Waals surface area contributed by atoms with E-state index in [9.17, 15) is 14.7 Å². The highest BCUT2D eigenvalue weighted by Gasteiger charge is 2.51. The molecule has 0 bridgehead atoms. The Morgan fingerprint density at radius 3 is 2.32 bits per heavy atom. The average molecular weight is 347 g/mol. The van der Waals surface area contributed by atoms with E-state index in [4.69, 9.17) is 9.47 Å². The number of methoxy groups -OCH3 is 2. The van der Waals surface area contributed by atoms with Gasteiger partial charge in [-0.25, -0.2) is 4.79 Å². The number of benzene rings is 1. The number of nitrogens with zero attached hydrogens (tertiary/aromatic N) is 2. The van der Waals surface area contributed by atoms with Crippen molar-refractivity contribution in [1.29, 1.82) is 0 Å². The zero-order chi connectivity index (χ0) is 18.0. The summed E-state index contributed by atoms with van der Waals surface area (Å²) in [6.07, 6.45) is 5.55. The molecule has 8 nitrogen and oxygen atoms in total. The molecule has 0 unspecified atom stereocenters. The van der Waals surface area contributed by atoms with Gasteiger partial charge in [-0.2, -0.15) is 5.10 Å². The number of ether oxygens (including phenoxy) is 2. The summed E-state index contributed by atoms with van der Waals surface area (Å²) in [5, 5.41) is 17.6. The predicted molar refractivity (Wildman–Crippen MR) is 90.0 cm³/mol. The topological polar surface area (TPSA) is 100 Å². The average Bonchev–Trinajstić information content (AvgIpc) is 2.84. The van der Waals surface area contributed by atoms with Gasteiger partial charge in [0.05, 0.1) is 20.4 Å². The van der Waals surface area contributed by atoms with Crippen LogP contribution in [-0.2, 0) is 4.79 Å². The van der Waals surface area contributed by atoms with Crippen LogP contribution in [-0.4, -0.2) is 48.0 Å². The van der Waals surface area contributed by atoms with Crippen molar-refractivity contribution < 1.29 is 24.2 Å². The minimum Gasteiger partial charge on any atom is -0.502 e. The summed E-state index contributed by atoms with van der Waals surface area (Å²) in [6, 6.07) is 2.56. The number of nitrogens with one attached hydrogen (secondary N) is 1. The van der Waals surface area contributed by atoms with Crippen molar-refractivity contribution in [2.75, 3.05) is 14.2 Å². The van der Waals surface area contributed by atoms with Crippen molar-refractivity contribution in [2.24, 2.45) is 5.10 Å². The number of carbonyl (C=O) groups excluding carboxylic acids is 2. The highest BCUT2D eigenvalue weighted by molar-refractivity contribution is 6.07. The van der Waals surface area contributed by atoms with Crippen molar-refractivity contribution in [3.05, 3.63) is 17.7 Å². The van der Waals surface area contributed by atoms with Gasteiger partial charge >= 0.3 is 6.03 Å². The number of phenols is 1. The van der Waals surface area contributed by atoms with E-state index < -0.39 is 11.6 Å². The molecule has 2 aliphatic rings. The standard InChI is InChI=1S/C17H21N3O5/c1-24-12-8-11(9-13(25-2)14(12)21)10-18-20-15(22)17(19-16(20)23)6-4-3-5-7-17/h8-10,21H,3-7H2,1-2H3,(H,19,23)/b18-10+. The van der Waals surface area contributed by atoms with Gasteiger partial charge in [0.15, 0.2) is 11.5 Å². The molecule has 0 atom stereocenters. The number of carbonyl (C=O) groups is 2. The van der Waals surface area contributed by atoms with Crippen LogP contribution >= 0.6 is 0 Å². The Balaban J connectivity index is 1.84. The molecule has 134 valence electrons. The first kappa shape index (κ1) is 17.1. The Kier molecular flexibility index (Phi) is 4.52. The molecular weight excluding hydrogens is 326 g/mol. The van der Waals surface area contributed by atoms with Gasteiger partial charge in [-0.1, -0.05) is 19.3 Å². The number of hydrogen-bond acceptors (Lipinski definition) is 6. The molecule has 0 radical (unpaired) electrons. The third-order valence-electron chi connectivity index (χ3n) is 4.67. The fraction of sp³-hybridized carbons (Fsp3) is 0.471. The number of hydrogen-bond donors (Lipinski definition) is 2. The van der Waals surface area contributed by atoms with Crippen LogP contribution in [0.2, 0.25) is 0 Å². The molecule has 8 heteroatoms. The van der Waals surface area contributed by atoms with Crippen LogP contribution in [0.5, 0.6) is 17.2 Å². The minimum atomic E-state index is -0.809. The monoisotopic (exact) mass is 347 g/mol. The molecule has 0 aromatic heterocycles. The maximum absolute atomic E-state index is 12.7. The van der Waals surface area contributed by atoms with Crippen LogP contribution in [0.15, 0.2) is 17.2 Å². The lowest BCUT2D eigenvalue weighted by molar-refractivity contribution is -0.132. The molecule has 1 aromatic rings. The van der Waals surface area contributed by atoms with E-state index in [1.165, 1.54) is 32.6 Å². The van der Waals surface area contributed by atoms with E-state index in [1.54, 1.807) is 0 Å². The molecule has 1 aromatic carbocycles. The number of aromatic hydroxyl groups is 1. The van der Waals surface area contributed by atoms with E-state index in [1.807, 2.05) is 0 Å². The molecule has 3 amide bonds. The molecule has 1 aliphatic heterocycles. The summed E-state index contributed by atoms with van der Waals surface area (Å²) < 4.78 is 10.2. The number of urea groups is 1. The second kappa shape index (κ2) is 6.62. The summed E-state index contributed by atoms with van der Waals surface area (Å²) in [4.78, 5) is 24.8. The van der Waals surface area contributed by atoms with Gasteiger partial charge in [-0.15, -0.1) is 5.01 Å². The molecule has 2 N–H and O–H groups in total. The molecular formula is C17H21N3O5. The number of imide groups is 1. The van der Waals surface area contributed by atoms with Crippen LogP contribution in [0.4, 0.5) is 4.79 Å². The molecule has 1 heterocycles. The minimum absolute atomic E-state index is 0.127. The Bertz CT molecular complexity index is 700. The Hall–Kier alpha value is -2.77. The summed E-state index contributed by atoms with van der Waals surface area (Å²) in [5.41, 5.74) is -0.284. The van der Waals surface area contributed by atoms with Gasteiger partial charge in [0, 0.05) is 5.56 Å². The molecule has 1 saturated heterocycles. The number of amides is 3. The van der Waals surface area contributed by atoms with Crippen LogP contribution in [0.25, 0.3) is 0 Å². The van der Waals surface area contributed by atoms with E-state index >= 15 is 0 Å². The quantitative estimate of drug-likeness (QED) is 0.641. The summed E-state index contributed by atoms with van der Waals surface area (Å²) in [5.74, 6) is -0.0204. The Labute approximate surface area is 145 Å². The van der Waals surface area contributed by atoms with Gasteiger partial charge in [-0.05, 0) is 25.0 Å². The Morgan fingerprint density at radius 1 is 1.16 bits per heavy atom. The highest BCUT2D eigenvalue weighted by atomic mass is 16.5. The van der Waals surface area contributed by atoms with E-state index in [2.05, 4.69) is 10.4 Å². The van der Waals surface area contributed by atoms with Crippen LogP contribution in [0, 0.1) is 0 Å². The van der Waals surface area contributed by atoms with Crippen molar-refractivity contribution in [2.45, 2.75) is 37.6 Å². The number of phenolic OH excluding ortho intramolecular Hbond substituents is 1. The van der Waals surface area contributed by atoms with E-state index in [-0.39, 0.29) is 23.2 Å². The first-order valence-electron chi connectivity index (χ1n) is 8.16. The third-order valence-corrected chi connectivity index (χ3v) is 4.67. The maximum Gasteiger partial charge on any atom is 0.346 e. The van der Waals surface area contributed by atoms with Crippen molar-refractivity contribution in [1.82, 2.24) is 10.3 Å². The third kappa shape index (κ3) is 2.99. The molecule has 3 rings (SSSR count). The highest BCUT2D eigenvalue weighted by Crippen LogP contribution is 2.37. The lowest BCUT2D eigenvalue weighted by atomic mass is 9.82. The van der Waals surface area contributed by atoms with E-state index in [0.717, 1.165) is 24.3 Å². The first-order valence-corrected chi connectivity index (χ1v) is 8.16. The van der Waals surface area contributed by atoms with Crippen LogP contribution in [0.1, 0.15) is 37.7 Å². The second-order valence-corrected chi connectivity index (χ2v) is 6.21. The predicted octanol–water partition coefficient (Wildman–Crippen LogP) is 2.00. The fourth-order valence-corrected chi connectivity index (χ4v) is 3.32. The van der Waals surface area contributed by atoms with Gasteiger partial charge in [-0.3, -0.25) is 4.79 Å². The SMILES string of the molecule is COc1cc(/C=N/N2C(=O)NC3(CCCCC3)C2=O)cc(OC)c1O. The first-order chi connectivity index (χ1) is 12.0. The van der Waals surface area contributed by atoms with Gasteiger partial charge < -0.3 is 19.9 Å². The molecule has 25 heavy (non-hydrogen) atoms. The van der Waals surface area contributed by atoms with Crippen molar-refractivity contribution in [3.8, 4) is 17.2 Å². The molecule has 1 aliphatic carbocycles. The molecule has 1 saturated carbocycles. The summed E-state index contributed by atoms with van der Waals surface area (Å²) in [7, 11) is 2.83. The van der Waals surface area contributed by atoms with Crippen LogP contribution < -0.4 is 14.8 Å². The smallest absolute Gasteiger partial charge is 0.346 e. The largest absolute Gasteiger partial charge is 0.502 e. The lowest BCUT2D eigenvalue weighted by Crippen LogP contribution is -2.48. The molecule has 2 fully saturated rings. The second-order valence-electron chi connectivity index (χ2n) is 6.21. The van der Waals surface area contributed by atoms with Crippen LogP contribution in [0.3, 0.4) is 0 Å². The van der Waals surface area contributed by atoms with Gasteiger partial charge in [0.25, 0.3) is 5.91 Å². The van der Waals surface area contributed by atoms with Gasteiger partial charge in [0.2, 0.25) is 5.75 Å². The van der Waals surface area contributed by atoms with Gasteiger partial charge in [0.1, 0.15) is 5.54 Å². The summed E-state index contributed by atoms with van der Waals surface area (Å²) >= 11 is 0. The zero-order valence-electron chi connectivity index (χ0n) is 14.2. The number of rotatable bonds is 4. The van der Waals surface area contributed by atoms with Crippen molar-refractivity contribution >= 4 is 18.2 Å². The zero-order valence-corrected chi connectivity index (χ0v) is 14.2. The fourth-order valence-electron chi connectivity index (χ4n) is 3.32. The summed E-state index contributed by atoms with van der Waals surface area (Å²) in [6.45, 7) is 0. The lowest BCUT2D eigenvalue weighted by Gasteiger charge is -2.29. The maximum atomic E-state index is 12.7. The molecule has 1 spiro atoms. The number of hydrazone groups is 1.